The van der Waals surface area contributed by atoms with Gasteiger partial charge in [0.05, 0.1) is 26.4 Å². The average molecular weight is 411 g/mol. The number of methoxy groups -OCH3 is 1. The van der Waals surface area contributed by atoms with Crippen molar-refractivity contribution >= 4 is 5.96 Å². The molecule has 0 radical (unpaired) electrons. The van der Waals surface area contributed by atoms with Gasteiger partial charge in [-0.05, 0) is 36.6 Å². The predicted molar refractivity (Wildman–Crippen MR) is 122 cm³/mol. The molecule has 6 heteroatoms. The molecule has 6 nitrogen and oxygen atoms in total. The van der Waals surface area contributed by atoms with Gasteiger partial charge in [-0.25, -0.2) is 0 Å². The summed E-state index contributed by atoms with van der Waals surface area (Å²) in [6, 6.07) is 17.2. The molecule has 2 aromatic rings. The van der Waals surface area contributed by atoms with Crippen LogP contribution >= 0.6 is 0 Å². The fourth-order valence-electron chi connectivity index (χ4n) is 3.78. The van der Waals surface area contributed by atoms with E-state index in [1.165, 1.54) is 16.7 Å². The Morgan fingerprint density at radius 3 is 2.57 bits per heavy atom. The molecule has 0 aromatic heterocycles. The van der Waals surface area contributed by atoms with Gasteiger partial charge in [-0.2, -0.15) is 0 Å². The third-order valence-corrected chi connectivity index (χ3v) is 5.46. The lowest BCUT2D eigenvalue weighted by Gasteiger charge is -2.35. The van der Waals surface area contributed by atoms with E-state index in [9.17, 15) is 0 Å². The van der Waals surface area contributed by atoms with Crippen molar-refractivity contribution in [2.24, 2.45) is 4.99 Å². The molecule has 1 saturated heterocycles. The lowest BCUT2D eigenvalue weighted by atomic mass is 10.0. The van der Waals surface area contributed by atoms with E-state index < -0.39 is 0 Å². The zero-order chi connectivity index (χ0) is 21.2. The van der Waals surface area contributed by atoms with Crippen molar-refractivity contribution in [2.75, 3.05) is 53.6 Å². The molecule has 1 fully saturated rings. The highest BCUT2D eigenvalue weighted by Gasteiger charge is 2.23. The first-order chi connectivity index (χ1) is 14.7. The molecule has 0 spiro atoms. The Bertz CT molecular complexity index is 801. The molecule has 1 atom stereocenters. The van der Waals surface area contributed by atoms with Crippen LogP contribution in [0.2, 0.25) is 0 Å². The quantitative estimate of drug-likeness (QED) is 0.518. The fourth-order valence-corrected chi connectivity index (χ4v) is 3.78. The van der Waals surface area contributed by atoms with Crippen molar-refractivity contribution < 1.29 is 9.47 Å². The number of nitrogens with zero attached hydrogens (tertiary/aromatic N) is 2. The molecular formula is C24H34N4O2. The average Bonchev–Trinajstić information content (AvgIpc) is 2.79. The Morgan fingerprint density at radius 2 is 1.90 bits per heavy atom. The first kappa shape index (κ1) is 22.1. The third-order valence-electron chi connectivity index (χ3n) is 5.46. The van der Waals surface area contributed by atoms with Crippen LogP contribution in [0.1, 0.15) is 22.7 Å². The molecule has 1 aliphatic rings. The van der Waals surface area contributed by atoms with Gasteiger partial charge in [0.15, 0.2) is 5.96 Å². The molecule has 30 heavy (non-hydrogen) atoms. The van der Waals surface area contributed by atoms with Crippen LogP contribution in [0.3, 0.4) is 0 Å². The van der Waals surface area contributed by atoms with Crippen molar-refractivity contribution in [2.45, 2.75) is 19.4 Å². The van der Waals surface area contributed by atoms with Crippen molar-refractivity contribution in [3.05, 3.63) is 65.2 Å². The van der Waals surface area contributed by atoms with Crippen LogP contribution in [0.25, 0.3) is 0 Å². The van der Waals surface area contributed by atoms with Gasteiger partial charge in [-0.1, -0.05) is 42.0 Å². The summed E-state index contributed by atoms with van der Waals surface area (Å²) >= 11 is 0. The van der Waals surface area contributed by atoms with Gasteiger partial charge in [-0.15, -0.1) is 0 Å². The first-order valence-corrected chi connectivity index (χ1v) is 10.7. The van der Waals surface area contributed by atoms with E-state index in [0.29, 0.717) is 0 Å². The second kappa shape index (κ2) is 11.6. The van der Waals surface area contributed by atoms with Crippen LogP contribution in [0.15, 0.2) is 53.5 Å². The molecule has 0 bridgehead atoms. The molecule has 1 heterocycles. The van der Waals surface area contributed by atoms with Gasteiger partial charge in [0.2, 0.25) is 0 Å². The van der Waals surface area contributed by atoms with E-state index >= 15 is 0 Å². The highest BCUT2D eigenvalue weighted by atomic mass is 16.5. The third kappa shape index (κ3) is 6.47. The maximum Gasteiger partial charge on any atom is 0.191 e. The van der Waals surface area contributed by atoms with Crippen LogP contribution in [-0.2, 0) is 11.2 Å². The van der Waals surface area contributed by atoms with Crippen molar-refractivity contribution in [1.29, 1.82) is 0 Å². The smallest absolute Gasteiger partial charge is 0.191 e. The standard InChI is InChI=1S/C24H34N4O2/c1-19-5-4-6-20(17-19)11-12-26-24(25-2)27-18-23(28-13-15-30-16-14-28)21-7-9-22(29-3)10-8-21/h4-10,17,23H,11-16,18H2,1-3H3,(H2,25,26,27). The number of hydrogen-bond donors (Lipinski definition) is 2. The Labute approximate surface area is 180 Å². The van der Waals surface area contributed by atoms with Gasteiger partial charge in [-0.3, -0.25) is 9.89 Å². The van der Waals surface area contributed by atoms with Gasteiger partial charge >= 0.3 is 0 Å². The summed E-state index contributed by atoms with van der Waals surface area (Å²) in [5.74, 6) is 1.70. The topological polar surface area (TPSA) is 58.1 Å². The van der Waals surface area contributed by atoms with Gasteiger partial charge in [0.25, 0.3) is 0 Å². The van der Waals surface area contributed by atoms with Crippen LogP contribution < -0.4 is 15.4 Å². The number of nitrogens with one attached hydrogen (secondary N) is 2. The van der Waals surface area contributed by atoms with Crippen molar-refractivity contribution in [3.63, 3.8) is 0 Å². The lowest BCUT2D eigenvalue weighted by Crippen LogP contribution is -2.46. The molecular weight excluding hydrogens is 376 g/mol. The van der Waals surface area contributed by atoms with E-state index in [4.69, 9.17) is 9.47 Å². The molecule has 162 valence electrons. The Morgan fingerprint density at radius 1 is 1.13 bits per heavy atom. The summed E-state index contributed by atoms with van der Waals surface area (Å²) in [7, 11) is 3.52. The van der Waals surface area contributed by atoms with Crippen LogP contribution in [0.5, 0.6) is 5.75 Å². The lowest BCUT2D eigenvalue weighted by molar-refractivity contribution is 0.0170. The summed E-state index contributed by atoms with van der Waals surface area (Å²) in [6.07, 6.45) is 0.966. The highest BCUT2D eigenvalue weighted by Crippen LogP contribution is 2.23. The summed E-state index contributed by atoms with van der Waals surface area (Å²) in [5.41, 5.74) is 3.89. The molecule has 0 amide bonds. The van der Waals surface area contributed by atoms with E-state index in [2.05, 4.69) is 63.8 Å². The number of hydrogen-bond acceptors (Lipinski definition) is 4. The van der Waals surface area contributed by atoms with Crippen molar-refractivity contribution in [1.82, 2.24) is 15.5 Å². The number of rotatable bonds is 8. The maximum atomic E-state index is 5.55. The predicted octanol–water partition coefficient (Wildman–Crippen LogP) is 2.78. The molecule has 2 N–H and O–H groups in total. The molecule has 3 rings (SSSR count). The largest absolute Gasteiger partial charge is 0.497 e. The Kier molecular flexibility index (Phi) is 8.53. The van der Waals surface area contributed by atoms with E-state index in [1.807, 2.05) is 19.2 Å². The molecule has 1 aliphatic heterocycles. The number of guanidine groups is 1. The minimum atomic E-state index is 0.245. The monoisotopic (exact) mass is 410 g/mol. The zero-order valence-electron chi connectivity index (χ0n) is 18.4. The number of morpholine rings is 1. The van der Waals surface area contributed by atoms with E-state index in [-0.39, 0.29) is 6.04 Å². The zero-order valence-corrected chi connectivity index (χ0v) is 18.4. The Balaban J connectivity index is 1.58. The molecule has 2 aromatic carbocycles. The van der Waals surface area contributed by atoms with Crippen LogP contribution in [0.4, 0.5) is 0 Å². The molecule has 0 aliphatic carbocycles. The van der Waals surface area contributed by atoms with E-state index in [0.717, 1.165) is 57.5 Å². The normalized spacial score (nSPS) is 16.2. The Hall–Kier alpha value is -2.57. The molecule has 1 unspecified atom stereocenters. The fraction of sp³-hybridized carbons (Fsp3) is 0.458. The minimum absolute atomic E-state index is 0.245. The van der Waals surface area contributed by atoms with Crippen LogP contribution in [0, 0.1) is 6.92 Å². The number of aryl methyl sites for hydroxylation is 1. The van der Waals surface area contributed by atoms with Gasteiger partial charge < -0.3 is 20.1 Å². The summed E-state index contributed by atoms with van der Waals surface area (Å²) < 4.78 is 10.9. The molecule has 0 saturated carbocycles. The maximum absolute atomic E-state index is 5.55. The number of aliphatic imine (C=N–C) groups is 1. The first-order valence-electron chi connectivity index (χ1n) is 10.7. The van der Waals surface area contributed by atoms with Gasteiger partial charge in [0.1, 0.15) is 5.75 Å². The van der Waals surface area contributed by atoms with Crippen LogP contribution in [-0.4, -0.2) is 64.4 Å². The SMILES string of the molecule is CN=C(NCCc1cccc(C)c1)NCC(c1ccc(OC)cc1)N1CCOCC1. The summed E-state index contributed by atoms with van der Waals surface area (Å²) in [6.45, 7) is 7.15. The summed E-state index contributed by atoms with van der Waals surface area (Å²) in [4.78, 5) is 6.88. The minimum Gasteiger partial charge on any atom is -0.497 e. The highest BCUT2D eigenvalue weighted by molar-refractivity contribution is 5.79. The summed E-state index contributed by atoms with van der Waals surface area (Å²) in [5, 5.41) is 6.96. The second-order valence-electron chi connectivity index (χ2n) is 7.56. The van der Waals surface area contributed by atoms with Crippen molar-refractivity contribution in [3.8, 4) is 5.75 Å². The number of benzene rings is 2. The second-order valence-corrected chi connectivity index (χ2v) is 7.56. The van der Waals surface area contributed by atoms with E-state index in [1.54, 1.807) is 7.11 Å². The number of ether oxygens (including phenoxy) is 2. The van der Waals surface area contributed by atoms with Gasteiger partial charge in [0, 0.05) is 33.2 Å².